The maximum Gasteiger partial charge on any atom is 0.0150 e. The Balaban J connectivity index is 1.79. The quantitative estimate of drug-likeness (QED) is 0.614. The number of likely N-dealkylation sites (tertiary alicyclic amines) is 1. The van der Waals surface area contributed by atoms with Crippen LogP contribution in [-0.4, -0.2) is 35.6 Å². The van der Waals surface area contributed by atoms with Crippen molar-refractivity contribution >= 4 is 0 Å². The summed E-state index contributed by atoms with van der Waals surface area (Å²) >= 11 is 0. The molecule has 0 amide bonds. The highest BCUT2D eigenvalue weighted by Crippen LogP contribution is 2.28. The highest BCUT2D eigenvalue weighted by molar-refractivity contribution is 4.94. The zero-order chi connectivity index (χ0) is 9.47. The van der Waals surface area contributed by atoms with Crippen molar-refractivity contribution < 1.29 is 0 Å². The first-order valence-electron chi connectivity index (χ1n) is 5.35. The van der Waals surface area contributed by atoms with Crippen molar-refractivity contribution in [1.29, 1.82) is 0 Å². The van der Waals surface area contributed by atoms with Gasteiger partial charge in [-0.15, -0.1) is 0 Å². The molecule has 1 heterocycles. The Hall–Kier alpha value is -0.120. The second kappa shape index (κ2) is 3.23. The normalized spacial score (nSPS) is 39.9. The van der Waals surface area contributed by atoms with Gasteiger partial charge in [0, 0.05) is 30.7 Å². The molecule has 1 aliphatic carbocycles. The van der Waals surface area contributed by atoms with Gasteiger partial charge in [-0.05, 0) is 32.6 Å². The van der Waals surface area contributed by atoms with Crippen molar-refractivity contribution in [2.45, 2.75) is 50.2 Å². The summed E-state index contributed by atoms with van der Waals surface area (Å²) in [6.45, 7) is 4.51. The van der Waals surface area contributed by atoms with E-state index in [9.17, 15) is 0 Å². The van der Waals surface area contributed by atoms with Crippen LogP contribution in [0, 0.1) is 0 Å². The van der Waals surface area contributed by atoms with E-state index in [1.54, 1.807) is 0 Å². The SMILES string of the molecule is CC1(N)CCN(C2CC(N)C2)CC1. The third-order valence-corrected chi connectivity index (χ3v) is 3.61. The van der Waals surface area contributed by atoms with Gasteiger partial charge in [0.25, 0.3) is 0 Å². The van der Waals surface area contributed by atoms with Gasteiger partial charge in [-0.1, -0.05) is 0 Å². The highest BCUT2D eigenvalue weighted by Gasteiger charge is 2.35. The van der Waals surface area contributed by atoms with Crippen LogP contribution in [0.3, 0.4) is 0 Å². The maximum absolute atomic E-state index is 6.08. The molecule has 0 aromatic carbocycles. The second-order valence-corrected chi connectivity index (χ2v) is 5.08. The van der Waals surface area contributed by atoms with Gasteiger partial charge in [0.15, 0.2) is 0 Å². The molecule has 2 fully saturated rings. The third-order valence-electron chi connectivity index (χ3n) is 3.61. The van der Waals surface area contributed by atoms with Crippen LogP contribution in [0.4, 0.5) is 0 Å². The van der Waals surface area contributed by atoms with Gasteiger partial charge in [0.1, 0.15) is 0 Å². The summed E-state index contributed by atoms with van der Waals surface area (Å²) in [6, 6.07) is 1.24. The molecular weight excluding hydrogens is 162 g/mol. The van der Waals surface area contributed by atoms with E-state index in [-0.39, 0.29) is 5.54 Å². The topological polar surface area (TPSA) is 55.3 Å². The van der Waals surface area contributed by atoms with Gasteiger partial charge in [0.05, 0.1) is 0 Å². The molecule has 0 unspecified atom stereocenters. The van der Waals surface area contributed by atoms with Gasteiger partial charge in [-0.25, -0.2) is 0 Å². The largest absolute Gasteiger partial charge is 0.328 e. The average Bonchev–Trinajstić information content (AvgIpc) is 2.00. The Bertz CT molecular complexity index is 175. The number of hydrogen-bond acceptors (Lipinski definition) is 3. The van der Waals surface area contributed by atoms with E-state index < -0.39 is 0 Å². The van der Waals surface area contributed by atoms with Gasteiger partial charge >= 0.3 is 0 Å². The third kappa shape index (κ3) is 2.03. The lowest BCUT2D eigenvalue weighted by Gasteiger charge is -2.46. The number of nitrogens with zero attached hydrogens (tertiary/aromatic N) is 1. The summed E-state index contributed by atoms with van der Waals surface area (Å²) in [6.07, 6.45) is 4.67. The van der Waals surface area contributed by atoms with Crippen molar-refractivity contribution in [3.63, 3.8) is 0 Å². The van der Waals surface area contributed by atoms with Gasteiger partial charge in [-0.3, -0.25) is 0 Å². The van der Waals surface area contributed by atoms with Crippen molar-refractivity contribution in [3.8, 4) is 0 Å². The monoisotopic (exact) mass is 183 g/mol. The number of hydrogen-bond donors (Lipinski definition) is 2. The molecule has 3 nitrogen and oxygen atoms in total. The lowest BCUT2D eigenvalue weighted by molar-refractivity contribution is 0.0682. The molecule has 0 bridgehead atoms. The van der Waals surface area contributed by atoms with E-state index in [0.29, 0.717) is 6.04 Å². The summed E-state index contributed by atoms with van der Waals surface area (Å²) in [7, 11) is 0. The average molecular weight is 183 g/mol. The van der Waals surface area contributed by atoms with E-state index >= 15 is 0 Å². The molecule has 0 spiro atoms. The Kier molecular flexibility index (Phi) is 2.34. The standard InChI is InChI=1S/C10H21N3/c1-10(12)2-4-13(5-3-10)9-6-8(11)7-9/h8-9H,2-7,11-12H2,1H3. The van der Waals surface area contributed by atoms with Gasteiger partial charge < -0.3 is 16.4 Å². The highest BCUT2D eigenvalue weighted by atomic mass is 15.2. The first-order chi connectivity index (χ1) is 6.07. The maximum atomic E-state index is 6.08. The fourth-order valence-electron chi connectivity index (χ4n) is 2.33. The van der Waals surface area contributed by atoms with Crippen LogP contribution in [-0.2, 0) is 0 Å². The van der Waals surface area contributed by atoms with E-state index in [1.165, 1.54) is 25.9 Å². The van der Waals surface area contributed by atoms with Gasteiger partial charge in [-0.2, -0.15) is 0 Å². The Morgan fingerprint density at radius 2 is 1.77 bits per heavy atom. The predicted octanol–water partition coefficient (Wildman–Crippen LogP) is 0.289. The Labute approximate surface area is 80.5 Å². The molecule has 1 aliphatic heterocycles. The van der Waals surface area contributed by atoms with Crippen LogP contribution in [0.15, 0.2) is 0 Å². The van der Waals surface area contributed by atoms with Crippen LogP contribution in [0.25, 0.3) is 0 Å². The molecule has 0 atom stereocenters. The van der Waals surface area contributed by atoms with Crippen molar-refractivity contribution in [2.24, 2.45) is 11.5 Å². The molecule has 2 rings (SSSR count). The number of rotatable bonds is 1. The molecule has 4 N–H and O–H groups in total. The van der Waals surface area contributed by atoms with Gasteiger partial charge in [0.2, 0.25) is 0 Å². The molecule has 3 heteroatoms. The molecule has 13 heavy (non-hydrogen) atoms. The molecule has 1 saturated heterocycles. The lowest BCUT2D eigenvalue weighted by Crippen LogP contribution is -2.56. The molecule has 1 saturated carbocycles. The van der Waals surface area contributed by atoms with Crippen molar-refractivity contribution in [1.82, 2.24) is 4.90 Å². The Morgan fingerprint density at radius 3 is 2.23 bits per heavy atom. The minimum Gasteiger partial charge on any atom is -0.328 e. The molecule has 0 aromatic heterocycles. The molecule has 2 aliphatic rings. The second-order valence-electron chi connectivity index (χ2n) is 5.08. The minimum atomic E-state index is 0.0857. The zero-order valence-electron chi connectivity index (χ0n) is 8.50. The fourth-order valence-corrected chi connectivity index (χ4v) is 2.33. The van der Waals surface area contributed by atoms with E-state index in [0.717, 1.165) is 18.9 Å². The van der Waals surface area contributed by atoms with E-state index in [4.69, 9.17) is 11.5 Å². The minimum absolute atomic E-state index is 0.0857. The van der Waals surface area contributed by atoms with Crippen LogP contribution < -0.4 is 11.5 Å². The smallest absolute Gasteiger partial charge is 0.0150 e. The Morgan fingerprint density at radius 1 is 1.23 bits per heavy atom. The predicted molar refractivity (Wildman–Crippen MR) is 54.4 cm³/mol. The van der Waals surface area contributed by atoms with Crippen molar-refractivity contribution in [2.75, 3.05) is 13.1 Å². The van der Waals surface area contributed by atoms with Crippen molar-refractivity contribution in [3.05, 3.63) is 0 Å². The van der Waals surface area contributed by atoms with Crippen LogP contribution in [0.1, 0.15) is 32.6 Å². The fraction of sp³-hybridized carbons (Fsp3) is 1.00. The summed E-state index contributed by atoms with van der Waals surface area (Å²) in [5.41, 5.74) is 11.9. The summed E-state index contributed by atoms with van der Waals surface area (Å²) in [5, 5.41) is 0. The zero-order valence-corrected chi connectivity index (χ0v) is 8.50. The molecule has 76 valence electrons. The van der Waals surface area contributed by atoms with E-state index in [2.05, 4.69) is 11.8 Å². The lowest BCUT2D eigenvalue weighted by atomic mass is 9.83. The molecule has 0 radical (unpaired) electrons. The summed E-state index contributed by atoms with van der Waals surface area (Å²) in [4.78, 5) is 2.57. The van der Waals surface area contributed by atoms with Crippen LogP contribution in [0.5, 0.6) is 0 Å². The summed E-state index contributed by atoms with van der Waals surface area (Å²) in [5.74, 6) is 0. The van der Waals surface area contributed by atoms with Crippen LogP contribution in [0.2, 0.25) is 0 Å². The first kappa shape index (κ1) is 9.44. The summed E-state index contributed by atoms with van der Waals surface area (Å²) < 4.78 is 0. The van der Waals surface area contributed by atoms with E-state index in [1.807, 2.05) is 0 Å². The number of nitrogens with two attached hydrogens (primary N) is 2. The van der Waals surface area contributed by atoms with Crippen LogP contribution >= 0.6 is 0 Å². The number of piperidine rings is 1. The molecular formula is C10H21N3. The molecule has 0 aromatic rings. The first-order valence-corrected chi connectivity index (χ1v) is 5.35.